The van der Waals surface area contributed by atoms with Crippen molar-refractivity contribution in [3.8, 4) is 23.1 Å². The van der Waals surface area contributed by atoms with Gasteiger partial charge in [-0.1, -0.05) is 17.7 Å². The molecule has 0 aliphatic heterocycles. The molecule has 0 aliphatic rings. The van der Waals surface area contributed by atoms with Gasteiger partial charge >= 0.3 is 0 Å². The molecule has 0 unspecified atom stereocenters. The first-order valence-electron chi connectivity index (χ1n) is 5.11. The van der Waals surface area contributed by atoms with Crippen LogP contribution in [0.2, 0.25) is 5.15 Å². The average molecular weight is 267 g/mol. The van der Waals surface area contributed by atoms with Crippen LogP contribution in [0.1, 0.15) is 0 Å². The summed E-state index contributed by atoms with van der Waals surface area (Å²) >= 11 is 5.87. The molecule has 5 nitrogen and oxygen atoms in total. The Morgan fingerprint density at radius 1 is 1.06 bits per heavy atom. The van der Waals surface area contributed by atoms with E-state index in [0.29, 0.717) is 17.2 Å². The lowest BCUT2D eigenvalue weighted by atomic mass is 10.3. The van der Waals surface area contributed by atoms with Crippen molar-refractivity contribution in [1.29, 1.82) is 0 Å². The molecule has 0 atom stereocenters. The molecular weight excluding hydrogens is 256 g/mol. The Bertz CT molecular complexity index is 549. The first-order valence-corrected chi connectivity index (χ1v) is 5.48. The van der Waals surface area contributed by atoms with Crippen LogP contribution in [0.25, 0.3) is 0 Å². The maximum Gasteiger partial charge on any atom is 0.267 e. The molecule has 0 fully saturated rings. The Hall–Kier alpha value is -2.01. The van der Waals surface area contributed by atoms with Gasteiger partial charge in [-0.25, -0.2) is 4.98 Å². The fraction of sp³-hybridized carbons (Fsp3) is 0.167. The summed E-state index contributed by atoms with van der Waals surface area (Å²) in [6, 6.07) is 7.13. The molecule has 0 saturated heterocycles. The number of nitrogens with zero attached hydrogens (tertiary/aromatic N) is 2. The third kappa shape index (κ3) is 2.62. The molecule has 2 aromatic rings. The van der Waals surface area contributed by atoms with Crippen molar-refractivity contribution in [3.63, 3.8) is 0 Å². The van der Waals surface area contributed by atoms with Crippen LogP contribution in [-0.2, 0) is 0 Å². The smallest absolute Gasteiger partial charge is 0.267 e. The van der Waals surface area contributed by atoms with E-state index in [4.69, 9.17) is 25.8 Å². The number of hydrogen-bond acceptors (Lipinski definition) is 5. The van der Waals surface area contributed by atoms with E-state index in [1.165, 1.54) is 13.4 Å². The molecule has 1 heterocycles. The van der Waals surface area contributed by atoms with E-state index in [0.717, 1.165) is 0 Å². The predicted octanol–water partition coefficient (Wildman–Crippen LogP) is 2.94. The number of aromatic nitrogens is 2. The molecule has 0 bridgehead atoms. The van der Waals surface area contributed by atoms with Crippen LogP contribution < -0.4 is 14.2 Å². The third-order valence-electron chi connectivity index (χ3n) is 2.19. The van der Waals surface area contributed by atoms with E-state index in [-0.39, 0.29) is 11.0 Å². The van der Waals surface area contributed by atoms with Gasteiger partial charge < -0.3 is 14.2 Å². The topological polar surface area (TPSA) is 53.5 Å². The number of methoxy groups -OCH3 is 2. The number of halogens is 1. The fourth-order valence-corrected chi connectivity index (χ4v) is 1.56. The Morgan fingerprint density at radius 3 is 2.56 bits per heavy atom. The quantitative estimate of drug-likeness (QED) is 0.797. The van der Waals surface area contributed by atoms with E-state index < -0.39 is 0 Å². The molecule has 18 heavy (non-hydrogen) atoms. The zero-order valence-corrected chi connectivity index (χ0v) is 10.6. The van der Waals surface area contributed by atoms with Crippen molar-refractivity contribution in [1.82, 2.24) is 9.97 Å². The second-order valence-electron chi connectivity index (χ2n) is 3.28. The second-order valence-corrected chi connectivity index (χ2v) is 3.64. The summed E-state index contributed by atoms with van der Waals surface area (Å²) < 4.78 is 15.8. The van der Waals surface area contributed by atoms with E-state index in [1.54, 1.807) is 19.2 Å². The number of benzene rings is 1. The lowest BCUT2D eigenvalue weighted by Crippen LogP contribution is -1.95. The molecule has 0 N–H and O–H groups in total. The molecule has 6 heteroatoms. The van der Waals surface area contributed by atoms with Gasteiger partial charge in [0.25, 0.3) is 5.88 Å². The van der Waals surface area contributed by atoms with Gasteiger partial charge in [0.1, 0.15) is 17.8 Å². The molecule has 0 saturated carbocycles. The minimum Gasteiger partial charge on any atom is -0.497 e. The summed E-state index contributed by atoms with van der Waals surface area (Å²) in [5, 5.41) is 0.199. The maximum atomic E-state index is 5.87. The fourth-order valence-electron chi connectivity index (χ4n) is 1.36. The summed E-state index contributed by atoms with van der Waals surface area (Å²) in [6.45, 7) is 0. The summed E-state index contributed by atoms with van der Waals surface area (Å²) in [5.41, 5.74) is 0. The Kier molecular flexibility index (Phi) is 3.84. The first kappa shape index (κ1) is 12.4. The van der Waals surface area contributed by atoms with Crippen LogP contribution in [0, 0.1) is 0 Å². The van der Waals surface area contributed by atoms with Crippen LogP contribution in [0.3, 0.4) is 0 Å². The normalized spacial score (nSPS) is 9.94. The molecular formula is C12H11ClN2O3. The van der Waals surface area contributed by atoms with E-state index in [9.17, 15) is 0 Å². The SMILES string of the molecule is COc1cccc(Oc2ncnc(Cl)c2OC)c1. The Balaban J connectivity index is 2.30. The van der Waals surface area contributed by atoms with Gasteiger partial charge in [-0.3, -0.25) is 0 Å². The van der Waals surface area contributed by atoms with Crippen molar-refractivity contribution in [3.05, 3.63) is 35.7 Å². The van der Waals surface area contributed by atoms with Crippen LogP contribution in [0.15, 0.2) is 30.6 Å². The summed E-state index contributed by atoms with van der Waals surface area (Å²) in [4.78, 5) is 7.79. The third-order valence-corrected chi connectivity index (χ3v) is 2.46. The zero-order valence-electron chi connectivity index (χ0n) is 9.88. The second kappa shape index (κ2) is 5.55. The molecule has 0 spiro atoms. The highest BCUT2D eigenvalue weighted by Crippen LogP contribution is 2.34. The predicted molar refractivity (Wildman–Crippen MR) is 66.7 cm³/mol. The molecule has 2 rings (SSSR count). The number of rotatable bonds is 4. The van der Waals surface area contributed by atoms with Crippen molar-refractivity contribution < 1.29 is 14.2 Å². The summed E-state index contributed by atoms with van der Waals surface area (Å²) in [5.74, 6) is 1.81. The van der Waals surface area contributed by atoms with Gasteiger partial charge in [0.2, 0.25) is 5.75 Å². The largest absolute Gasteiger partial charge is 0.497 e. The lowest BCUT2D eigenvalue weighted by Gasteiger charge is -2.10. The number of ether oxygens (including phenoxy) is 3. The van der Waals surface area contributed by atoms with Crippen molar-refractivity contribution >= 4 is 11.6 Å². The Labute approximate surface area is 109 Å². The Morgan fingerprint density at radius 2 is 1.83 bits per heavy atom. The van der Waals surface area contributed by atoms with Gasteiger partial charge in [-0.15, -0.1) is 0 Å². The van der Waals surface area contributed by atoms with Crippen LogP contribution in [0.4, 0.5) is 0 Å². The van der Waals surface area contributed by atoms with Gasteiger partial charge in [-0.2, -0.15) is 4.98 Å². The highest BCUT2D eigenvalue weighted by atomic mass is 35.5. The van der Waals surface area contributed by atoms with Crippen LogP contribution in [0.5, 0.6) is 23.1 Å². The van der Waals surface area contributed by atoms with E-state index in [1.807, 2.05) is 12.1 Å². The average Bonchev–Trinajstić information content (AvgIpc) is 2.39. The van der Waals surface area contributed by atoms with E-state index >= 15 is 0 Å². The molecule has 0 amide bonds. The zero-order chi connectivity index (χ0) is 13.0. The van der Waals surface area contributed by atoms with Crippen LogP contribution >= 0.6 is 11.6 Å². The standard InChI is InChI=1S/C12H11ClN2O3/c1-16-8-4-3-5-9(6-8)18-12-10(17-2)11(13)14-7-15-12/h3-7H,1-2H3. The van der Waals surface area contributed by atoms with Gasteiger partial charge in [0.05, 0.1) is 14.2 Å². The van der Waals surface area contributed by atoms with Gasteiger partial charge in [-0.05, 0) is 12.1 Å². The van der Waals surface area contributed by atoms with Gasteiger partial charge in [0.15, 0.2) is 5.15 Å². The molecule has 0 radical (unpaired) electrons. The number of hydrogen-bond donors (Lipinski definition) is 0. The molecule has 0 aliphatic carbocycles. The molecule has 1 aromatic carbocycles. The van der Waals surface area contributed by atoms with E-state index in [2.05, 4.69) is 9.97 Å². The summed E-state index contributed by atoms with van der Waals surface area (Å²) in [7, 11) is 3.06. The molecule has 94 valence electrons. The molecule has 1 aromatic heterocycles. The minimum absolute atomic E-state index is 0.199. The minimum atomic E-state index is 0.199. The highest BCUT2D eigenvalue weighted by molar-refractivity contribution is 6.31. The van der Waals surface area contributed by atoms with Crippen molar-refractivity contribution in [2.75, 3.05) is 14.2 Å². The summed E-state index contributed by atoms with van der Waals surface area (Å²) in [6.07, 6.45) is 1.31. The van der Waals surface area contributed by atoms with Crippen molar-refractivity contribution in [2.24, 2.45) is 0 Å². The monoisotopic (exact) mass is 266 g/mol. The van der Waals surface area contributed by atoms with Crippen molar-refractivity contribution in [2.45, 2.75) is 0 Å². The van der Waals surface area contributed by atoms with Crippen LogP contribution in [-0.4, -0.2) is 24.2 Å². The first-order chi connectivity index (χ1) is 8.74. The maximum absolute atomic E-state index is 5.87. The lowest BCUT2D eigenvalue weighted by molar-refractivity contribution is 0.365. The van der Waals surface area contributed by atoms with Gasteiger partial charge in [0, 0.05) is 6.07 Å². The highest BCUT2D eigenvalue weighted by Gasteiger charge is 2.12.